The molecule has 0 atom stereocenters. The van der Waals surface area contributed by atoms with Gasteiger partial charge in [-0.15, -0.1) is 0 Å². The van der Waals surface area contributed by atoms with Gasteiger partial charge in [-0.05, 0) is 47.5 Å². The van der Waals surface area contributed by atoms with Crippen LogP contribution in [0.1, 0.15) is 11.3 Å². The molecule has 3 heterocycles. The van der Waals surface area contributed by atoms with E-state index >= 15 is 0 Å². The van der Waals surface area contributed by atoms with Crippen molar-refractivity contribution in [2.75, 3.05) is 5.75 Å². The summed E-state index contributed by atoms with van der Waals surface area (Å²) in [5.41, 5.74) is 1.86. The normalized spacial score (nSPS) is 11.7. The van der Waals surface area contributed by atoms with Gasteiger partial charge in [-0.1, -0.05) is 24.3 Å². The lowest BCUT2D eigenvalue weighted by Crippen LogP contribution is -2.18. The zero-order chi connectivity index (χ0) is 26.9. The molecule has 0 amide bonds. The molecule has 5 aromatic rings. The molecule has 0 radical (unpaired) electrons. The van der Waals surface area contributed by atoms with Crippen LogP contribution < -0.4 is 0 Å². The number of benzene rings is 2. The topological polar surface area (TPSA) is 81.9 Å². The Labute approximate surface area is 216 Å². The number of hydrogen-bond donors (Lipinski definition) is 0. The van der Waals surface area contributed by atoms with E-state index in [1.54, 1.807) is 54.6 Å². The maximum atomic E-state index is 14.9. The minimum Gasteiger partial charge on any atom is -0.342 e. The highest BCUT2D eigenvalue weighted by Gasteiger charge is 2.27. The van der Waals surface area contributed by atoms with Crippen LogP contribution in [-0.4, -0.2) is 34.5 Å². The van der Waals surface area contributed by atoms with E-state index in [0.717, 1.165) is 6.07 Å². The Morgan fingerprint density at radius 3 is 2.47 bits per heavy atom. The lowest BCUT2D eigenvalue weighted by atomic mass is 10.0. The number of carbonyl (C=O) groups is 1. The minimum atomic E-state index is -4.29. The number of hydrogen-bond acceptors (Lipinski definition) is 5. The van der Waals surface area contributed by atoms with Crippen LogP contribution in [0.15, 0.2) is 90.2 Å². The summed E-state index contributed by atoms with van der Waals surface area (Å²) in [4.78, 5) is 19.8. The van der Waals surface area contributed by atoms with Gasteiger partial charge in [-0.25, -0.2) is 22.2 Å². The van der Waals surface area contributed by atoms with E-state index in [-0.39, 0.29) is 29.4 Å². The zero-order valence-electron chi connectivity index (χ0n) is 19.8. The fourth-order valence-electron chi connectivity index (χ4n) is 4.35. The third-order valence-electron chi connectivity index (χ3n) is 6.00. The molecule has 6 nitrogen and oxygen atoms in total. The van der Waals surface area contributed by atoms with E-state index in [1.165, 1.54) is 23.2 Å². The van der Waals surface area contributed by atoms with E-state index in [2.05, 4.69) is 9.97 Å². The maximum Gasteiger partial charge on any atom is 0.220 e. The van der Waals surface area contributed by atoms with Gasteiger partial charge in [0.1, 0.15) is 17.4 Å². The number of rotatable bonds is 8. The van der Waals surface area contributed by atoms with Crippen LogP contribution in [0, 0.1) is 17.6 Å². The van der Waals surface area contributed by atoms with Crippen molar-refractivity contribution in [2.45, 2.75) is 17.9 Å². The first-order chi connectivity index (χ1) is 18.2. The molecule has 0 spiro atoms. The number of carbonyl (C=O) groups excluding carboxylic acids is 1. The number of aromatic nitrogens is 3. The minimum absolute atomic E-state index is 0.0104. The van der Waals surface area contributed by atoms with Crippen molar-refractivity contribution in [1.29, 1.82) is 0 Å². The predicted molar refractivity (Wildman–Crippen MR) is 136 cm³/mol. The highest BCUT2D eigenvalue weighted by molar-refractivity contribution is 7.92. The van der Waals surface area contributed by atoms with E-state index < -0.39 is 43.9 Å². The molecule has 0 unspecified atom stereocenters. The van der Waals surface area contributed by atoms with E-state index in [4.69, 9.17) is 0 Å². The molecule has 38 heavy (non-hydrogen) atoms. The molecule has 10 heteroatoms. The van der Waals surface area contributed by atoms with Crippen LogP contribution >= 0.6 is 0 Å². The van der Waals surface area contributed by atoms with Gasteiger partial charge in [0.15, 0.2) is 15.6 Å². The van der Waals surface area contributed by atoms with Gasteiger partial charge in [0, 0.05) is 48.9 Å². The molecule has 0 N–H and O–H groups in total. The van der Waals surface area contributed by atoms with Crippen molar-refractivity contribution in [3.63, 3.8) is 0 Å². The second-order valence-electron chi connectivity index (χ2n) is 8.74. The number of halogens is 3. The molecule has 3 aromatic heterocycles. The Morgan fingerprint density at radius 1 is 0.895 bits per heavy atom. The fourth-order valence-corrected chi connectivity index (χ4v) is 5.84. The van der Waals surface area contributed by atoms with E-state index in [9.17, 15) is 26.4 Å². The molecular weight excluding hydrogens is 515 g/mol. The van der Waals surface area contributed by atoms with Gasteiger partial charge in [0.05, 0.1) is 15.8 Å². The maximum absolute atomic E-state index is 14.9. The second kappa shape index (κ2) is 10.2. The lowest BCUT2D eigenvalue weighted by molar-refractivity contribution is -0.116. The Bertz CT molecular complexity index is 1770. The summed E-state index contributed by atoms with van der Waals surface area (Å²) < 4.78 is 71.3. The number of fused-ring (bicyclic) bond motifs is 1. The monoisotopic (exact) mass is 535 g/mol. The summed E-state index contributed by atoms with van der Waals surface area (Å²) >= 11 is 0. The molecule has 0 saturated heterocycles. The van der Waals surface area contributed by atoms with Crippen molar-refractivity contribution in [3.05, 3.63) is 114 Å². The summed E-state index contributed by atoms with van der Waals surface area (Å²) in [5.74, 6) is -4.06. The smallest absolute Gasteiger partial charge is 0.220 e. The van der Waals surface area contributed by atoms with Gasteiger partial charge >= 0.3 is 0 Å². The predicted octanol–water partition coefficient (Wildman–Crippen LogP) is 5.15. The highest BCUT2D eigenvalue weighted by atomic mass is 32.2. The third kappa shape index (κ3) is 5.21. The first-order valence-corrected chi connectivity index (χ1v) is 13.2. The van der Waals surface area contributed by atoms with Crippen molar-refractivity contribution in [3.8, 4) is 11.1 Å². The molecule has 2 aromatic carbocycles. The Balaban J connectivity index is 1.52. The van der Waals surface area contributed by atoms with Crippen molar-refractivity contribution < 1.29 is 26.4 Å². The van der Waals surface area contributed by atoms with Crippen LogP contribution in [0.3, 0.4) is 0 Å². The molecule has 0 aliphatic heterocycles. The summed E-state index contributed by atoms with van der Waals surface area (Å²) in [6.45, 7) is 0.0342. The second-order valence-corrected chi connectivity index (χ2v) is 10.7. The van der Waals surface area contributed by atoms with Gasteiger partial charge in [-0.3, -0.25) is 9.78 Å². The first-order valence-electron chi connectivity index (χ1n) is 11.5. The summed E-state index contributed by atoms with van der Waals surface area (Å²) in [5, 5.41) is -0.300. The summed E-state index contributed by atoms with van der Waals surface area (Å²) in [6, 6.07) is 16.6. The summed E-state index contributed by atoms with van der Waals surface area (Å²) in [6.07, 6.45) is 3.83. The number of pyridine rings is 2. The molecule has 192 valence electrons. The van der Waals surface area contributed by atoms with E-state index in [0.29, 0.717) is 22.9 Å². The Hall–Kier alpha value is -4.31. The molecule has 0 aliphatic carbocycles. The number of sulfone groups is 1. The zero-order valence-corrected chi connectivity index (χ0v) is 20.6. The van der Waals surface area contributed by atoms with Gasteiger partial charge in [0.2, 0.25) is 5.95 Å². The third-order valence-corrected chi connectivity index (χ3v) is 7.69. The Kier molecular flexibility index (Phi) is 6.81. The number of Topliss-reactive ketones (excluding diaryl/α,β-unsaturated/α-hetero) is 1. The van der Waals surface area contributed by atoms with Crippen LogP contribution in [-0.2, 0) is 27.6 Å². The lowest BCUT2D eigenvalue weighted by Gasteiger charge is -2.09. The molecule has 0 fully saturated rings. The van der Waals surface area contributed by atoms with Crippen molar-refractivity contribution >= 4 is 26.5 Å². The number of ketones is 1. The van der Waals surface area contributed by atoms with Crippen LogP contribution in [0.2, 0.25) is 0 Å². The van der Waals surface area contributed by atoms with Gasteiger partial charge in [-0.2, -0.15) is 4.39 Å². The largest absolute Gasteiger partial charge is 0.342 e. The average Bonchev–Trinajstić information content (AvgIpc) is 3.24. The fraction of sp³-hybridized carbons (Fsp3) is 0.107. The van der Waals surface area contributed by atoms with E-state index in [1.807, 2.05) is 0 Å². The van der Waals surface area contributed by atoms with Crippen LogP contribution in [0.5, 0.6) is 0 Å². The Morgan fingerprint density at radius 2 is 1.71 bits per heavy atom. The summed E-state index contributed by atoms with van der Waals surface area (Å²) in [7, 11) is -4.29. The first kappa shape index (κ1) is 25.3. The molecule has 0 bridgehead atoms. The standard InChI is InChI=1S/C28H20F3N3O3S/c29-20-12-24(30)27-25(13-20)34(15-18-5-3-6-19(11-18)23-8-4-10-33-28(23)31)16-26(27)38(36,37)17-22(35)14-21-7-1-2-9-32-21/h1-13,16H,14-15,17H2. The van der Waals surface area contributed by atoms with Gasteiger partial charge in [0.25, 0.3) is 0 Å². The van der Waals surface area contributed by atoms with Crippen molar-refractivity contribution in [2.24, 2.45) is 0 Å². The quantitative estimate of drug-likeness (QED) is 0.257. The van der Waals surface area contributed by atoms with Gasteiger partial charge < -0.3 is 4.57 Å². The molecular formula is C28H20F3N3O3S. The molecule has 0 saturated carbocycles. The molecule has 5 rings (SSSR count). The SMILES string of the molecule is O=C(Cc1ccccn1)CS(=O)(=O)c1cn(Cc2cccc(-c3cccnc3F)c2)c2cc(F)cc(F)c12. The highest BCUT2D eigenvalue weighted by Crippen LogP contribution is 2.31. The van der Waals surface area contributed by atoms with Crippen molar-refractivity contribution in [1.82, 2.24) is 14.5 Å². The van der Waals surface area contributed by atoms with Crippen LogP contribution in [0.4, 0.5) is 13.2 Å². The average molecular weight is 536 g/mol. The number of nitrogens with zero attached hydrogens (tertiary/aromatic N) is 3. The van der Waals surface area contributed by atoms with Crippen LogP contribution in [0.25, 0.3) is 22.0 Å². The molecule has 0 aliphatic rings.